The minimum absolute atomic E-state index is 0.357. The molecule has 0 spiro atoms. The number of rotatable bonds is 5. The van der Waals surface area contributed by atoms with Gasteiger partial charge in [-0.1, -0.05) is 57.9 Å². The molecule has 4 aromatic heterocycles. The third-order valence-electron chi connectivity index (χ3n) is 4.68. The van der Waals surface area contributed by atoms with Crippen molar-refractivity contribution in [1.29, 1.82) is 0 Å². The summed E-state index contributed by atoms with van der Waals surface area (Å²) >= 11 is 0. The fourth-order valence-electron chi connectivity index (χ4n) is 2.85. The van der Waals surface area contributed by atoms with Gasteiger partial charge < -0.3 is 13.8 Å². The Morgan fingerprint density at radius 3 is 1.74 bits per heavy atom. The molecule has 0 atom stereocenters. The van der Waals surface area contributed by atoms with E-state index in [1.165, 1.54) is 5.56 Å². The Kier molecular flexibility index (Phi) is 9.85. The van der Waals surface area contributed by atoms with Crippen LogP contribution in [0.1, 0.15) is 76.2 Å². The van der Waals surface area contributed by atoms with Crippen LogP contribution in [0.4, 0.5) is 0 Å². The van der Waals surface area contributed by atoms with Gasteiger partial charge in [0.1, 0.15) is 17.1 Å². The Balaban J connectivity index is 0.000000225. The highest BCUT2D eigenvalue weighted by Gasteiger charge is 2.14. The smallest absolute Gasteiger partial charge is 0.276 e. The van der Waals surface area contributed by atoms with Gasteiger partial charge in [0.15, 0.2) is 11.6 Å². The fourth-order valence-corrected chi connectivity index (χ4v) is 2.85. The fraction of sp³-hybridized carbons (Fsp3) is 0.440. The minimum Gasteiger partial charge on any atom is -0.496 e. The van der Waals surface area contributed by atoms with Crippen molar-refractivity contribution in [1.82, 2.24) is 30.2 Å². The van der Waals surface area contributed by atoms with E-state index in [1.54, 1.807) is 27.2 Å². The van der Waals surface area contributed by atoms with E-state index in [-0.39, 0.29) is 0 Å². The van der Waals surface area contributed by atoms with Crippen LogP contribution in [0.25, 0.3) is 23.2 Å². The molecule has 0 radical (unpaired) electrons. The first-order chi connectivity index (χ1) is 16.3. The number of hydrogen-bond donors (Lipinski definition) is 0. The van der Waals surface area contributed by atoms with E-state index in [0.717, 1.165) is 17.0 Å². The van der Waals surface area contributed by atoms with Gasteiger partial charge in [-0.3, -0.25) is 9.97 Å². The van der Waals surface area contributed by atoms with E-state index in [4.69, 9.17) is 13.8 Å². The molecule has 0 fully saturated rings. The van der Waals surface area contributed by atoms with Crippen molar-refractivity contribution >= 4 is 0 Å². The van der Waals surface area contributed by atoms with E-state index < -0.39 is 0 Å². The molecule has 0 aliphatic heterocycles. The van der Waals surface area contributed by atoms with Crippen molar-refractivity contribution < 1.29 is 13.8 Å². The summed E-state index contributed by atoms with van der Waals surface area (Å²) in [7, 11) is 1.64. The zero-order chi connectivity index (χ0) is 25.3. The van der Waals surface area contributed by atoms with Crippen LogP contribution in [0, 0.1) is 13.8 Å². The first kappa shape index (κ1) is 26.6. The molecule has 0 saturated carbocycles. The molecule has 34 heavy (non-hydrogen) atoms. The molecule has 0 aliphatic carbocycles. The van der Waals surface area contributed by atoms with Crippen LogP contribution in [0.2, 0.25) is 0 Å². The highest BCUT2D eigenvalue weighted by Crippen LogP contribution is 2.29. The molecule has 9 nitrogen and oxygen atoms in total. The van der Waals surface area contributed by atoms with Gasteiger partial charge in [0, 0.05) is 24.0 Å². The molecule has 4 heterocycles. The molecule has 4 aromatic rings. The largest absolute Gasteiger partial charge is 0.496 e. The molecule has 0 aliphatic rings. The summed E-state index contributed by atoms with van der Waals surface area (Å²) in [5.41, 5.74) is 3.62. The average molecular weight is 467 g/mol. The molecule has 0 bridgehead atoms. The third-order valence-corrected chi connectivity index (χ3v) is 4.68. The second-order valence-corrected chi connectivity index (χ2v) is 7.89. The van der Waals surface area contributed by atoms with Gasteiger partial charge in [-0.25, -0.2) is 0 Å². The van der Waals surface area contributed by atoms with Crippen molar-refractivity contribution in [2.45, 2.75) is 67.2 Å². The maximum absolute atomic E-state index is 5.35. The summed E-state index contributed by atoms with van der Waals surface area (Å²) in [4.78, 5) is 16.9. The molecule has 4 rings (SSSR count). The Morgan fingerprint density at radius 2 is 1.32 bits per heavy atom. The van der Waals surface area contributed by atoms with E-state index in [1.807, 2.05) is 38.2 Å². The molecule has 0 saturated heterocycles. The highest BCUT2D eigenvalue weighted by atomic mass is 16.5. The number of methoxy groups -OCH3 is 1. The van der Waals surface area contributed by atoms with E-state index in [0.29, 0.717) is 41.0 Å². The summed E-state index contributed by atoms with van der Waals surface area (Å²) in [6.07, 6.45) is 3.64. The van der Waals surface area contributed by atoms with Gasteiger partial charge in [0.05, 0.1) is 7.11 Å². The maximum atomic E-state index is 5.35. The number of aryl methyl sites for hydroxylation is 2. The van der Waals surface area contributed by atoms with Gasteiger partial charge in [-0.15, -0.1) is 0 Å². The lowest BCUT2D eigenvalue weighted by Crippen LogP contribution is -1.97. The van der Waals surface area contributed by atoms with Crippen LogP contribution in [-0.4, -0.2) is 37.4 Å². The molecule has 182 valence electrons. The SMILES string of the molecule is CC.COc1cc(-c2nc(C)no2)ncc1C(C)C.Cc1noc(-c2ccc(C(C)C)cn2)n1. The quantitative estimate of drug-likeness (QED) is 0.341. The van der Waals surface area contributed by atoms with Crippen LogP contribution in [-0.2, 0) is 0 Å². The van der Waals surface area contributed by atoms with Crippen LogP contribution in [0.5, 0.6) is 5.75 Å². The van der Waals surface area contributed by atoms with Crippen molar-refractivity contribution in [3.8, 4) is 28.9 Å². The number of hydrogen-bond acceptors (Lipinski definition) is 9. The summed E-state index contributed by atoms with van der Waals surface area (Å²) in [6, 6.07) is 5.76. The van der Waals surface area contributed by atoms with Crippen LogP contribution in [0.3, 0.4) is 0 Å². The standard InChI is InChI=1S/C12H15N3O2.C11H13N3O.C2H6/c1-7(2)9-6-13-10(5-11(9)16-4)12-14-8(3)15-17-12;1-7(2)9-4-5-10(12-6-9)11-13-8(3)14-15-11;1-2/h5-7H,1-4H3;4-7H,1-3H3;1-2H3. The zero-order valence-electron chi connectivity index (χ0n) is 21.4. The number of ether oxygens (including phenoxy) is 1. The van der Waals surface area contributed by atoms with Crippen molar-refractivity contribution in [2.75, 3.05) is 7.11 Å². The van der Waals surface area contributed by atoms with E-state index in [9.17, 15) is 0 Å². The predicted molar refractivity (Wildman–Crippen MR) is 131 cm³/mol. The number of nitrogens with zero attached hydrogens (tertiary/aromatic N) is 6. The average Bonchev–Trinajstić information content (AvgIpc) is 3.48. The monoisotopic (exact) mass is 466 g/mol. The molecule has 0 amide bonds. The Bertz CT molecular complexity index is 1150. The van der Waals surface area contributed by atoms with Gasteiger partial charge >= 0.3 is 0 Å². The van der Waals surface area contributed by atoms with Crippen LogP contribution in [0.15, 0.2) is 39.6 Å². The summed E-state index contributed by atoms with van der Waals surface area (Å²) in [6.45, 7) is 16.0. The van der Waals surface area contributed by atoms with Gasteiger partial charge in [-0.2, -0.15) is 9.97 Å². The lowest BCUT2D eigenvalue weighted by atomic mass is 10.0. The first-order valence-corrected chi connectivity index (χ1v) is 11.4. The Hall–Kier alpha value is -3.62. The molecular formula is C25H34N6O3. The summed E-state index contributed by atoms with van der Waals surface area (Å²) in [5.74, 6) is 3.74. The second-order valence-electron chi connectivity index (χ2n) is 7.89. The predicted octanol–water partition coefficient (Wildman–Crippen LogP) is 6.16. The number of pyridine rings is 2. The third kappa shape index (κ3) is 6.94. The van der Waals surface area contributed by atoms with Gasteiger partial charge in [0.25, 0.3) is 11.8 Å². The molecule has 9 heteroatoms. The Labute approximate surface area is 201 Å². The first-order valence-electron chi connectivity index (χ1n) is 11.4. The maximum Gasteiger partial charge on any atom is 0.276 e. The zero-order valence-corrected chi connectivity index (χ0v) is 21.4. The van der Waals surface area contributed by atoms with E-state index >= 15 is 0 Å². The normalized spacial score (nSPS) is 10.4. The second kappa shape index (κ2) is 12.6. The lowest BCUT2D eigenvalue weighted by Gasteiger charge is -2.11. The Morgan fingerprint density at radius 1 is 0.765 bits per heavy atom. The topological polar surface area (TPSA) is 113 Å². The molecule has 0 unspecified atom stereocenters. The summed E-state index contributed by atoms with van der Waals surface area (Å²) in [5, 5.41) is 7.46. The van der Waals surface area contributed by atoms with Crippen LogP contribution >= 0.6 is 0 Å². The van der Waals surface area contributed by atoms with Crippen molar-refractivity contribution in [3.63, 3.8) is 0 Å². The molecular weight excluding hydrogens is 432 g/mol. The van der Waals surface area contributed by atoms with Gasteiger partial charge in [0.2, 0.25) is 0 Å². The lowest BCUT2D eigenvalue weighted by molar-refractivity contribution is 0.404. The highest BCUT2D eigenvalue weighted by molar-refractivity contribution is 5.52. The molecule has 0 N–H and O–H groups in total. The molecule has 0 aromatic carbocycles. The van der Waals surface area contributed by atoms with Crippen LogP contribution < -0.4 is 4.74 Å². The van der Waals surface area contributed by atoms with Gasteiger partial charge in [-0.05, 0) is 37.3 Å². The minimum atomic E-state index is 0.357. The number of aromatic nitrogens is 6. The van der Waals surface area contributed by atoms with E-state index in [2.05, 4.69) is 57.9 Å². The summed E-state index contributed by atoms with van der Waals surface area (Å²) < 4.78 is 15.4. The van der Waals surface area contributed by atoms with Crippen molar-refractivity contribution in [2.24, 2.45) is 0 Å². The van der Waals surface area contributed by atoms with Crippen molar-refractivity contribution in [3.05, 3.63) is 53.4 Å².